The number of nitrogens with one attached hydrogen (secondary N) is 4. The fourth-order valence-corrected chi connectivity index (χ4v) is 14.5. The van der Waals surface area contributed by atoms with Crippen molar-refractivity contribution in [3.8, 4) is 23.0 Å². The number of methoxy groups -OCH3 is 2. The molecule has 0 saturated carbocycles. The highest BCUT2D eigenvalue weighted by Crippen LogP contribution is 2.45. The van der Waals surface area contributed by atoms with Crippen LogP contribution in [0, 0.1) is 5.92 Å². The summed E-state index contributed by atoms with van der Waals surface area (Å²) in [5.74, 6) is -2.92. The second kappa shape index (κ2) is 35.6. The maximum absolute atomic E-state index is 14.5. The van der Waals surface area contributed by atoms with Crippen LogP contribution in [0.1, 0.15) is 137 Å². The van der Waals surface area contributed by atoms with Gasteiger partial charge in [-0.05, 0) is 111 Å². The maximum Gasteiger partial charge on any atom is 0.416 e. The zero-order chi connectivity index (χ0) is 75.1. The topological polar surface area (TPSA) is 357 Å². The number of aliphatic hydroxyl groups is 2. The first kappa shape index (κ1) is 78.4. The Hall–Kier alpha value is -9.78. The predicted octanol–water partition coefficient (Wildman–Crippen LogP) is 8.86. The first-order chi connectivity index (χ1) is 49.6. The standard InChI is InChI=1S/C74H92N10O18S2/c1-43(2)64(79-61(85)18-12-10-13-30-80-62(86)27-28-63(80)87)66(89)78-52(17-16-29-76-71(75)94)65(88)77-48-23-19-46(20-24-48)41-101-72(95)83-53-37-59(57(97-8)35-50(53)67(90)81-39-44(3)33-55(81)69(83)92)99-31-14-11-15-32-100-60-38-54-51(36-58(60)98-9)68(91)82-40-45(4)34-56(82)70(93)84(54)73(96)102-42-47-21-25-49(26-22-47)103-104-74(5,6)7/h19-28,35-38,43,52,55-56,64,69-70,92-93H,3-4,10-18,29-34,39-42H2,1-2,5-9H3,(H,77,88)(H,78,89)(H,79,85)(H3,75,76,94)/t52-,55-,56?,64-,69?,70?/m0/s1. The van der Waals surface area contributed by atoms with Crippen LogP contribution in [0.25, 0.3) is 0 Å². The fourth-order valence-electron chi connectivity index (χ4n) is 12.5. The molecule has 558 valence electrons. The first-order valence-electron chi connectivity index (χ1n) is 34.6. The van der Waals surface area contributed by atoms with Crippen molar-refractivity contribution in [3.63, 3.8) is 0 Å². The minimum atomic E-state index is -1.60. The van der Waals surface area contributed by atoms with E-state index in [2.05, 4.69) is 55.2 Å². The van der Waals surface area contributed by atoms with Gasteiger partial charge < -0.3 is 75.4 Å². The number of amides is 11. The van der Waals surface area contributed by atoms with Crippen LogP contribution < -0.4 is 55.7 Å². The Morgan fingerprint density at radius 3 is 1.62 bits per heavy atom. The van der Waals surface area contributed by atoms with Crippen molar-refractivity contribution in [2.45, 2.75) is 165 Å². The average molecular weight is 1470 g/mol. The summed E-state index contributed by atoms with van der Waals surface area (Å²) in [7, 11) is 6.22. The van der Waals surface area contributed by atoms with E-state index in [0.717, 1.165) is 30.7 Å². The summed E-state index contributed by atoms with van der Waals surface area (Å²) >= 11 is 0. The molecule has 6 atom stereocenters. The highest BCUT2D eigenvalue weighted by molar-refractivity contribution is 8.77. The molecule has 0 aliphatic carbocycles. The molecule has 2 fully saturated rings. The summed E-state index contributed by atoms with van der Waals surface area (Å²) < 4.78 is 35.8. The van der Waals surface area contributed by atoms with Gasteiger partial charge in [0.25, 0.3) is 23.6 Å². The fraction of sp³-hybridized carbons (Fsp3) is 0.459. The van der Waals surface area contributed by atoms with Gasteiger partial charge in [-0.15, -0.1) is 0 Å². The van der Waals surface area contributed by atoms with E-state index in [-0.39, 0.29) is 147 Å². The van der Waals surface area contributed by atoms with Gasteiger partial charge in [-0.25, -0.2) is 24.2 Å². The molecule has 3 unspecified atom stereocenters. The number of rotatable bonds is 32. The number of imide groups is 1. The Balaban J connectivity index is 0.811. The third-order valence-corrected chi connectivity index (χ3v) is 21.3. The SMILES string of the molecule is C=C1CC2C(O)N(C(=O)OCc3ccc(SSC(C)(C)C)cc3)c3cc(OCCCCCOc4cc5c(cc4OC)C(=O)N4CC(=C)C[C@H]4C(O)N5C(=O)OCc4ccc(NC(=O)[C@H](CCCNC(N)=O)NC(=O)[C@@H](NC(=O)CCCCCN5C(=O)C=CC5=O)C(C)C)cc4)c(OC)cc3C(=O)N2C1. The van der Waals surface area contributed by atoms with Crippen molar-refractivity contribution in [1.82, 2.24) is 30.7 Å². The zero-order valence-electron chi connectivity index (χ0n) is 59.5. The molecule has 30 heteroatoms. The number of hydrogen-bond acceptors (Lipinski definition) is 20. The number of hydrogen-bond donors (Lipinski definition) is 7. The van der Waals surface area contributed by atoms with Crippen LogP contribution in [-0.4, -0.2) is 179 Å². The van der Waals surface area contributed by atoms with E-state index in [1.807, 2.05) is 24.3 Å². The van der Waals surface area contributed by atoms with Crippen LogP contribution in [0.5, 0.6) is 23.0 Å². The number of aliphatic hydroxyl groups excluding tert-OH is 2. The Kier molecular flexibility index (Phi) is 26.8. The monoisotopic (exact) mass is 1470 g/mol. The summed E-state index contributed by atoms with van der Waals surface area (Å²) in [5.41, 5.74) is 8.36. The number of benzene rings is 4. The molecular formula is C74H92N10O18S2. The summed E-state index contributed by atoms with van der Waals surface area (Å²) in [6, 6.07) is 15.2. The van der Waals surface area contributed by atoms with Gasteiger partial charge >= 0.3 is 18.2 Å². The highest BCUT2D eigenvalue weighted by Gasteiger charge is 2.48. The molecule has 2 saturated heterocycles. The number of carbonyl (C=O) groups excluding carboxylic acids is 10. The van der Waals surface area contributed by atoms with Crippen LogP contribution in [0.3, 0.4) is 0 Å². The lowest BCUT2D eigenvalue weighted by atomic mass is 10.0. The predicted molar refractivity (Wildman–Crippen MR) is 390 cm³/mol. The van der Waals surface area contributed by atoms with Crippen LogP contribution in [0.15, 0.2) is 114 Å². The minimum absolute atomic E-state index is 0.00121. The largest absolute Gasteiger partial charge is 0.493 e. The number of nitrogens with two attached hydrogens (primary N) is 1. The number of ether oxygens (including phenoxy) is 6. The number of urea groups is 1. The van der Waals surface area contributed by atoms with Crippen LogP contribution in [0.2, 0.25) is 0 Å². The molecule has 5 aliphatic heterocycles. The van der Waals surface area contributed by atoms with Crippen molar-refractivity contribution in [2.75, 3.05) is 68.7 Å². The molecule has 0 radical (unpaired) electrons. The number of carbonyl (C=O) groups is 10. The molecule has 4 aromatic rings. The van der Waals surface area contributed by atoms with E-state index in [0.29, 0.717) is 55.3 Å². The first-order valence-corrected chi connectivity index (χ1v) is 36.7. The van der Waals surface area contributed by atoms with Gasteiger partial charge in [0, 0.05) is 72.2 Å². The molecule has 9 rings (SSSR count). The minimum Gasteiger partial charge on any atom is -0.493 e. The van der Waals surface area contributed by atoms with E-state index in [1.165, 1.54) is 60.4 Å². The molecule has 11 amide bonds. The Morgan fingerprint density at radius 1 is 0.644 bits per heavy atom. The van der Waals surface area contributed by atoms with Crippen LogP contribution >= 0.6 is 21.6 Å². The Labute approximate surface area is 612 Å². The van der Waals surface area contributed by atoms with Gasteiger partial charge in [-0.1, -0.05) is 111 Å². The smallest absolute Gasteiger partial charge is 0.416 e. The molecule has 104 heavy (non-hydrogen) atoms. The maximum atomic E-state index is 14.5. The summed E-state index contributed by atoms with van der Waals surface area (Å²) in [5, 5.41) is 34.8. The number of fused-ring (bicyclic) bond motifs is 4. The van der Waals surface area contributed by atoms with Crippen molar-refractivity contribution in [2.24, 2.45) is 11.7 Å². The van der Waals surface area contributed by atoms with Gasteiger partial charge in [0.15, 0.2) is 35.5 Å². The quantitative estimate of drug-likeness (QED) is 0.0104. The van der Waals surface area contributed by atoms with Gasteiger partial charge in [-0.2, -0.15) is 0 Å². The lowest BCUT2D eigenvalue weighted by Gasteiger charge is -2.31. The van der Waals surface area contributed by atoms with Crippen LogP contribution in [-0.2, 0) is 46.7 Å². The number of unbranched alkanes of at least 4 members (excludes halogenated alkanes) is 4. The number of anilines is 3. The van der Waals surface area contributed by atoms with E-state index in [4.69, 9.17) is 34.2 Å². The molecule has 0 aromatic heterocycles. The third-order valence-electron chi connectivity index (χ3n) is 17.9. The van der Waals surface area contributed by atoms with Gasteiger partial charge in [-0.3, -0.25) is 38.5 Å². The van der Waals surface area contributed by atoms with E-state index in [9.17, 15) is 58.2 Å². The molecule has 4 aromatic carbocycles. The van der Waals surface area contributed by atoms with E-state index < -0.39 is 90.3 Å². The van der Waals surface area contributed by atoms with Crippen molar-refractivity contribution in [1.29, 1.82) is 0 Å². The van der Waals surface area contributed by atoms with Gasteiger partial charge in [0.2, 0.25) is 17.7 Å². The molecule has 5 heterocycles. The van der Waals surface area contributed by atoms with Crippen molar-refractivity contribution >= 4 is 98.2 Å². The molecule has 0 spiro atoms. The lowest BCUT2D eigenvalue weighted by molar-refractivity contribution is -0.137. The van der Waals surface area contributed by atoms with E-state index in [1.54, 1.807) is 59.7 Å². The van der Waals surface area contributed by atoms with Gasteiger partial charge in [0.05, 0.1) is 62.0 Å². The second-order valence-corrected chi connectivity index (χ2v) is 30.3. The molecule has 5 aliphatic rings. The second-order valence-electron chi connectivity index (χ2n) is 27.2. The molecule has 0 bridgehead atoms. The van der Waals surface area contributed by atoms with Crippen LogP contribution in [0.4, 0.5) is 31.4 Å². The average Bonchev–Trinajstić information content (AvgIpc) is 1.54. The number of primary amides is 1. The Morgan fingerprint density at radius 2 is 1.14 bits per heavy atom. The summed E-state index contributed by atoms with van der Waals surface area (Å²) in [6.07, 6.45) is 1.30. The molecular weight excluding hydrogens is 1380 g/mol. The highest BCUT2D eigenvalue weighted by atomic mass is 33.1. The summed E-state index contributed by atoms with van der Waals surface area (Å²) in [4.78, 5) is 140. The number of nitrogens with zero attached hydrogens (tertiary/aromatic N) is 5. The molecule has 28 nitrogen and oxygen atoms in total. The summed E-state index contributed by atoms with van der Waals surface area (Å²) in [6.45, 7) is 18.5. The third kappa shape index (κ3) is 19.9. The van der Waals surface area contributed by atoms with E-state index >= 15 is 0 Å². The van der Waals surface area contributed by atoms with Crippen molar-refractivity contribution in [3.05, 3.63) is 132 Å². The lowest BCUT2D eigenvalue weighted by Crippen LogP contribution is -2.54. The van der Waals surface area contributed by atoms with Gasteiger partial charge in [0.1, 0.15) is 25.3 Å². The zero-order valence-corrected chi connectivity index (χ0v) is 61.2. The Bertz CT molecular complexity index is 3900. The normalized spacial score (nSPS) is 18.2. The van der Waals surface area contributed by atoms with Crippen molar-refractivity contribution < 1.29 is 86.6 Å². The molecule has 8 N–H and O–H groups in total.